The third kappa shape index (κ3) is 3.68. The zero-order valence-corrected chi connectivity index (χ0v) is 12.1. The number of hydrogen-bond donors (Lipinski definition) is 1. The Morgan fingerprint density at radius 3 is 3.00 bits per heavy atom. The van der Waals surface area contributed by atoms with Gasteiger partial charge in [0.1, 0.15) is 0 Å². The van der Waals surface area contributed by atoms with Crippen LogP contribution in [0.15, 0.2) is 24.1 Å². The zero-order valence-electron chi connectivity index (χ0n) is 11.2. The molecule has 108 valence electrons. The summed E-state index contributed by atoms with van der Waals surface area (Å²) in [5, 5.41) is 10.9. The van der Waals surface area contributed by atoms with E-state index in [4.69, 9.17) is 5.11 Å². The van der Waals surface area contributed by atoms with Crippen molar-refractivity contribution in [3.8, 4) is 0 Å². The number of carboxylic acid groups (broad SMARTS) is 1. The summed E-state index contributed by atoms with van der Waals surface area (Å²) >= 11 is 1.73. The minimum absolute atomic E-state index is 0.0232. The molecule has 1 aliphatic rings. The molecule has 0 radical (unpaired) electrons. The number of thiophene rings is 1. The van der Waals surface area contributed by atoms with E-state index in [9.17, 15) is 9.59 Å². The van der Waals surface area contributed by atoms with E-state index in [0.717, 1.165) is 6.42 Å². The largest absolute Gasteiger partial charge is 0.480 e. The van der Waals surface area contributed by atoms with Crippen molar-refractivity contribution in [2.24, 2.45) is 0 Å². The standard InChI is InChI=1S/C14H18N2O3S/c1-2-5-15(10-14(18)19)9-13(17)16-6-3-12-11(8-16)4-7-20-12/h2,4,7H,1,3,5-6,8-10H2,(H,18,19). The Balaban J connectivity index is 1.94. The lowest BCUT2D eigenvalue weighted by Crippen LogP contribution is -2.43. The molecule has 0 atom stereocenters. The van der Waals surface area contributed by atoms with Crippen LogP contribution >= 0.6 is 11.3 Å². The molecule has 0 fully saturated rings. The smallest absolute Gasteiger partial charge is 0.317 e. The second kappa shape index (κ2) is 6.67. The highest BCUT2D eigenvalue weighted by Crippen LogP contribution is 2.23. The summed E-state index contributed by atoms with van der Waals surface area (Å²) in [7, 11) is 0. The normalized spacial score (nSPS) is 14.2. The Hall–Kier alpha value is -1.66. The highest BCUT2D eigenvalue weighted by atomic mass is 32.1. The summed E-state index contributed by atoms with van der Waals surface area (Å²) in [5.74, 6) is -0.955. The quantitative estimate of drug-likeness (QED) is 0.801. The van der Waals surface area contributed by atoms with Gasteiger partial charge in [-0.2, -0.15) is 0 Å². The second-order valence-electron chi connectivity index (χ2n) is 4.79. The molecule has 1 amide bonds. The number of aliphatic carboxylic acids is 1. The van der Waals surface area contributed by atoms with Crippen LogP contribution in [0.3, 0.4) is 0 Å². The third-order valence-electron chi connectivity index (χ3n) is 3.27. The van der Waals surface area contributed by atoms with E-state index in [-0.39, 0.29) is 19.0 Å². The van der Waals surface area contributed by atoms with E-state index in [2.05, 4.69) is 12.6 Å². The topological polar surface area (TPSA) is 60.9 Å². The predicted molar refractivity (Wildman–Crippen MR) is 77.7 cm³/mol. The number of rotatable bonds is 6. The lowest BCUT2D eigenvalue weighted by Gasteiger charge is -2.29. The summed E-state index contributed by atoms with van der Waals surface area (Å²) in [6.45, 7) is 5.31. The van der Waals surface area contributed by atoms with E-state index in [0.29, 0.717) is 19.6 Å². The Kier molecular flexibility index (Phi) is 4.92. The van der Waals surface area contributed by atoms with Crippen molar-refractivity contribution in [1.82, 2.24) is 9.80 Å². The molecule has 1 N–H and O–H groups in total. The van der Waals surface area contributed by atoms with E-state index >= 15 is 0 Å². The molecule has 1 aromatic rings. The maximum atomic E-state index is 12.3. The van der Waals surface area contributed by atoms with Crippen LogP contribution < -0.4 is 0 Å². The Morgan fingerprint density at radius 1 is 1.50 bits per heavy atom. The summed E-state index contributed by atoms with van der Waals surface area (Å²) in [6, 6.07) is 2.05. The van der Waals surface area contributed by atoms with Gasteiger partial charge in [0.15, 0.2) is 0 Å². The maximum Gasteiger partial charge on any atom is 0.317 e. The number of fused-ring (bicyclic) bond motifs is 1. The second-order valence-corrected chi connectivity index (χ2v) is 5.79. The molecule has 20 heavy (non-hydrogen) atoms. The minimum atomic E-state index is -0.932. The predicted octanol–water partition coefficient (Wildman–Crippen LogP) is 1.21. The van der Waals surface area contributed by atoms with Crippen molar-refractivity contribution in [3.63, 3.8) is 0 Å². The molecule has 2 rings (SSSR count). The number of hydrogen-bond acceptors (Lipinski definition) is 4. The molecule has 2 heterocycles. The number of carbonyl (C=O) groups excluding carboxylic acids is 1. The van der Waals surface area contributed by atoms with Crippen molar-refractivity contribution in [1.29, 1.82) is 0 Å². The SMILES string of the molecule is C=CCN(CC(=O)O)CC(=O)N1CCc2sccc2C1. The van der Waals surface area contributed by atoms with Gasteiger partial charge in [0.2, 0.25) is 5.91 Å². The van der Waals surface area contributed by atoms with Crippen molar-refractivity contribution in [2.45, 2.75) is 13.0 Å². The van der Waals surface area contributed by atoms with Crippen LogP contribution in [0.5, 0.6) is 0 Å². The van der Waals surface area contributed by atoms with Gasteiger partial charge in [-0.3, -0.25) is 14.5 Å². The first-order chi connectivity index (χ1) is 9.60. The van der Waals surface area contributed by atoms with Crippen LogP contribution in [0.1, 0.15) is 10.4 Å². The van der Waals surface area contributed by atoms with Gasteiger partial charge in [-0.15, -0.1) is 17.9 Å². The van der Waals surface area contributed by atoms with Gasteiger partial charge in [-0.05, 0) is 23.4 Å². The van der Waals surface area contributed by atoms with Crippen LogP contribution in [0.4, 0.5) is 0 Å². The molecule has 1 aliphatic heterocycles. The fourth-order valence-electron chi connectivity index (χ4n) is 2.31. The van der Waals surface area contributed by atoms with Crippen LogP contribution in [0.25, 0.3) is 0 Å². The first kappa shape index (κ1) is 14.7. The van der Waals surface area contributed by atoms with Crippen molar-refractivity contribution in [2.75, 3.05) is 26.2 Å². The van der Waals surface area contributed by atoms with Gasteiger partial charge in [-0.25, -0.2) is 0 Å². The molecule has 0 saturated carbocycles. The number of carboxylic acids is 1. The van der Waals surface area contributed by atoms with Crippen LogP contribution in [0.2, 0.25) is 0 Å². The van der Waals surface area contributed by atoms with Gasteiger partial charge in [0.05, 0.1) is 13.1 Å². The molecular weight excluding hydrogens is 276 g/mol. The van der Waals surface area contributed by atoms with Crippen LogP contribution in [0, 0.1) is 0 Å². The molecule has 0 spiro atoms. The molecule has 5 nitrogen and oxygen atoms in total. The third-order valence-corrected chi connectivity index (χ3v) is 4.29. The van der Waals surface area contributed by atoms with Crippen molar-refractivity contribution in [3.05, 3.63) is 34.5 Å². The molecule has 6 heteroatoms. The van der Waals surface area contributed by atoms with Gasteiger partial charge >= 0.3 is 5.97 Å². The van der Waals surface area contributed by atoms with Crippen molar-refractivity contribution < 1.29 is 14.7 Å². The average Bonchev–Trinajstić information content (AvgIpc) is 2.85. The fraction of sp³-hybridized carbons (Fsp3) is 0.429. The molecule has 1 aromatic heterocycles. The Bertz CT molecular complexity index is 512. The zero-order chi connectivity index (χ0) is 14.5. The lowest BCUT2D eigenvalue weighted by molar-refractivity contribution is -0.139. The molecule has 0 aliphatic carbocycles. The van der Waals surface area contributed by atoms with Crippen molar-refractivity contribution >= 4 is 23.2 Å². The summed E-state index contributed by atoms with van der Waals surface area (Å²) in [5.41, 5.74) is 1.21. The molecule has 0 bridgehead atoms. The van der Waals surface area contributed by atoms with Crippen LogP contribution in [-0.2, 0) is 22.6 Å². The van der Waals surface area contributed by atoms with Gasteiger partial charge < -0.3 is 10.0 Å². The highest BCUT2D eigenvalue weighted by molar-refractivity contribution is 7.10. The molecule has 0 aromatic carbocycles. The van der Waals surface area contributed by atoms with E-state index in [1.165, 1.54) is 10.4 Å². The molecular formula is C14H18N2O3S. The minimum Gasteiger partial charge on any atom is -0.480 e. The number of amides is 1. The van der Waals surface area contributed by atoms with E-state index in [1.54, 1.807) is 27.2 Å². The van der Waals surface area contributed by atoms with Gasteiger partial charge in [0.25, 0.3) is 0 Å². The van der Waals surface area contributed by atoms with E-state index in [1.807, 2.05) is 5.38 Å². The van der Waals surface area contributed by atoms with Crippen LogP contribution in [-0.4, -0.2) is 53.0 Å². The summed E-state index contributed by atoms with van der Waals surface area (Å²) in [4.78, 5) is 27.8. The molecule has 0 saturated heterocycles. The lowest BCUT2D eigenvalue weighted by atomic mass is 10.1. The Labute approximate surface area is 122 Å². The fourth-order valence-corrected chi connectivity index (χ4v) is 3.20. The van der Waals surface area contributed by atoms with Gasteiger partial charge in [0, 0.05) is 24.5 Å². The highest BCUT2D eigenvalue weighted by Gasteiger charge is 2.23. The molecule has 0 unspecified atom stereocenters. The first-order valence-electron chi connectivity index (χ1n) is 6.48. The monoisotopic (exact) mass is 294 g/mol. The van der Waals surface area contributed by atoms with Gasteiger partial charge in [-0.1, -0.05) is 6.08 Å². The maximum absolute atomic E-state index is 12.3. The number of carbonyl (C=O) groups is 2. The number of nitrogens with zero attached hydrogens (tertiary/aromatic N) is 2. The Morgan fingerprint density at radius 2 is 2.30 bits per heavy atom. The average molecular weight is 294 g/mol. The van der Waals surface area contributed by atoms with E-state index < -0.39 is 5.97 Å². The summed E-state index contributed by atoms with van der Waals surface area (Å²) < 4.78 is 0. The first-order valence-corrected chi connectivity index (χ1v) is 7.36. The summed E-state index contributed by atoms with van der Waals surface area (Å²) in [6.07, 6.45) is 2.50.